The molecule has 0 aliphatic carbocycles. The van der Waals surface area contributed by atoms with Crippen LogP contribution in [-0.4, -0.2) is 22.1 Å². The number of hydrogen-bond acceptors (Lipinski definition) is 6. The summed E-state index contributed by atoms with van der Waals surface area (Å²) in [6.07, 6.45) is 3.84. The fourth-order valence-corrected chi connectivity index (χ4v) is 3.34. The van der Waals surface area contributed by atoms with Crippen molar-refractivity contribution in [2.24, 2.45) is 0 Å². The van der Waals surface area contributed by atoms with Gasteiger partial charge in [0, 0.05) is 12.5 Å². The van der Waals surface area contributed by atoms with Crippen LogP contribution in [0.25, 0.3) is 0 Å². The lowest BCUT2D eigenvalue weighted by Crippen LogP contribution is -2.39. The van der Waals surface area contributed by atoms with Gasteiger partial charge < -0.3 is 0 Å². The first kappa shape index (κ1) is 16.0. The third-order valence-corrected chi connectivity index (χ3v) is 4.76. The number of amides is 1. The largest absolute Gasteiger partial charge is 0.299 e. The number of anilines is 1. The molecule has 3 rings (SSSR count). The van der Waals surface area contributed by atoms with Crippen LogP contribution in [0, 0.1) is 0 Å². The van der Waals surface area contributed by atoms with Crippen molar-refractivity contribution >= 4 is 22.4 Å². The number of carbonyl (C=O) groups excluding carboxylic acids is 1. The zero-order valence-corrected chi connectivity index (χ0v) is 13.9. The summed E-state index contributed by atoms with van der Waals surface area (Å²) in [5.74, 6) is -0.0749. The topological polar surface area (TPSA) is 78.9 Å². The molecule has 1 fully saturated rings. The Morgan fingerprint density at radius 3 is 2.91 bits per heavy atom. The number of benzene rings is 1. The summed E-state index contributed by atoms with van der Waals surface area (Å²) in [6.45, 7) is 2.14. The molecule has 0 spiro atoms. The highest BCUT2D eigenvalue weighted by atomic mass is 32.1. The second kappa shape index (κ2) is 7.63. The molecule has 2 aromatic rings. The van der Waals surface area contributed by atoms with E-state index in [1.54, 1.807) is 0 Å². The normalized spacial score (nSPS) is 20.6. The van der Waals surface area contributed by atoms with Crippen molar-refractivity contribution in [3.05, 3.63) is 40.9 Å². The van der Waals surface area contributed by atoms with Crippen LogP contribution in [0.3, 0.4) is 0 Å². The molecule has 1 aliphatic rings. The molecule has 2 unspecified atom stereocenters. The van der Waals surface area contributed by atoms with E-state index in [1.165, 1.54) is 16.9 Å². The molecule has 2 atom stereocenters. The molecular formula is C16H21N5OS. The molecular weight excluding hydrogens is 310 g/mol. The molecule has 3 N–H and O–H groups in total. The minimum absolute atomic E-state index is 0.0749. The summed E-state index contributed by atoms with van der Waals surface area (Å²) in [4.78, 5) is 12.3. The Kier molecular flexibility index (Phi) is 5.32. The van der Waals surface area contributed by atoms with Crippen LogP contribution in [-0.2, 0) is 11.2 Å². The van der Waals surface area contributed by atoms with Gasteiger partial charge in [0.25, 0.3) is 0 Å². The molecule has 0 saturated carbocycles. The highest BCUT2D eigenvalue weighted by Gasteiger charge is 2.30. The van der Waals surface area contributed by atoms with Crippen molar-refractivity contribution in [3.63, 3.8) is 0 Å². The van der Waals surface area contributed by atoms with Crippen LogP contribution in [0.15, 0.2) is 30.3 Å². The maximum Gasteiger partial charge on any atom is 0.244 e. The monoisotopic (exact) mass is 331 g/mol. The number of carbonyl (C=O) groups is 1. The second-order valence-corrected chi connectivity index (χ2v) is 6.70. The van der Waals surface area contributed by atoms with Crippen molar-refractivity contribution in [1.82, 2.24) is 21.0 Å². The Hall–Kier alpha value is -1.83. The molecule has 1 aromatic carbocycles. The molecule has 1 amide bonds. The zero-order valence-electron chi connectivity index (χ0n) is 13.1. The first-order valence-corrected chi connectivity index (χ1v) is 8.77. The van der Waals surface area contributed by atoms with Crippen LogP contribution in [0.5, 0.6) is 0 Å². The summed E-state index contributed by atoms with van der Waals surface area (Å²) >= 11 is 1.45. The van der Waals surface area contributed by atoms with Crippen LogP contribution in [0.4, 0.5) is 5.13 Å². The molecule has 7 heteroatoms. The SMILES string of the molecule is CCCCc1nnc(NC(=O)C2CC(c3ccccc3)NN2)s1. The van der Waals surface area contributed by atoms with E-state index in [9.17, 15) is 4.79 Å². The molecule has 1 aromatic heterocycles. The third-order valence-electron chi connectivity index (χ3n) is 3.86. The number of aromatic nitrogens is 2. The van der Waals surface area contributed by atoms with E-state index < -0.39 is 0 Å². The quantitative estimate of drug-likeness (QED) is 0.758. The van der Waals surface area contributed by atoms with Crippen LogP contribution >= 0.6 is 11.3 Å². The lowest BCUT2D eigenvalue weighted by atomic mass is 10.0. The molecule has 0 radical (unpaired) electrons. The number of unbranched alkanes of at least 4 members (excludes halogenated alkanes) is 1. The van der Waals surface area contributed by atoms with E-state index in [0.717, 1.165) is 24.3 Å². The minimum Gasteiger partial charge on any atom is -0.299 e. The van der Waals surface area contributed by atoms with Crippen molar-refractivity contribution in [1.29, 1.82) is 0 Å². The predicted octanol–water partition coefficient (Wildman–Crippen LogP) is 2.43. The summed E-state index contributed by atoms with van der Waals surface area (Å²) in [7, 11) is 0. The van der Waals surface area contributed by atoms with Crippen molar-refractivity contribution in [2.45, 2.75) is 44.7 Å². The minimum atomic E-state index is -0.275. The summed E-state index contributed by atoms with van der Waals surface area (Å²) in [6, 6.07) is 9.98. The van der Waals surface area contributed by atoms with Gasteiger partial charge in [-0.25, -0.2) is 10.9 Å². The summed E-state index contributed by atoms with van der Waals surface area (Å²) in [5, 5.41) is 12.6. The lowest BCUT2D eigenvalue weighted by molar-refractivity contribution is -0.117. The maximum absolute atomic E-state index is 12.3. The standard InChI is InChI=1S/C16H21N5OS/c1-2-3-9-14-20-21-16(23-14)17-15(22)13-10-12(18-19-13)11-7-5-4-6-8-11/h4-8,12-13,18-19H,2-3,9-10H2,1H3,(H,17,21,22). The van der Waals surface area contributed by atoms with Crippen LogP contribution in [0.1, 0.15) is 42.8 Å². The Bertz CT molecular complexity index is 645. The van der Waals surface area contributed by atoms with E-state index in [0.29, 0.717) is 11.6 Å². The highest BCUT2D eigenvalue weighted by molar-refractivity contribution is 7.15. The Morgan fingerprint density at radius 1 is 1.30 bits per heavy atom. The van der Waals surface area contributed by atoms with E-state index in [1.807, 2.05) is 18.2 Å². The van der Waals surface area contributed by atoms with Gasteiger partial charge in [0.15, 0.2) is 0 Å². The first-order chi connectivity index (χ1) is 11.3. The van der Waals surface area contributed by atoms with Gasteiger partial charge in [0.05, 0.1) is 0 Å². The molecule has 6 nitrogen and oxygen atoms in total. The van der Waals surface area contributed by atoms with E-state index >= 15 is 0 Å². The predicted molar refractivity (Wildman–Crippen MR) is 91.0 cm³/mol. The van der Waals surface area contributed by atoms with Gasteiger partial charge in [-0.1, -0.05) is 55.0 Å². The van der Waals surface area contributed by atoms with Gasteiger partial charge in [-0.15, -0.1) is 10.2 Å². The number of hydrazine groups is 1. The number of rotatable bonds is 6. The average molecular weight is 331 g/mol. The van der Waals surface area contributed by atoms with Gasteiger partial charge in [-0.2, -0.15) is 0 Å². The second-order valence-electron chi connectivity index (χ2n) is 5.63. The van der Waals surface area contributed by atoms with Gasteiger partial charge in [0.1, 0.15) is 11.0 Å². The zero-order chi connectivity index (χ0) is 16.1. The molecule has 0 bridgehead atoms. The first-order valence-electron chi connectivity index (χ1n) is 7.95. The third kappa shape index (κ3) is 4.13. The van der Waals surface area contributed by atoms with Crippen molar-refractivity contribution < 1.29 is 4.79 Å². The van der Waals surface area contributed by atoms with Gasteiger partial charge in [0.2, 0.25) is 11.0 Å². The number of nitrogens with one attached hydrogen (secondary N) is 3. The van der Waals surface area contributed by atoms with E-state index in [-0.39, 0.29) is 18.0 Å². The molecule has 23 heavy (non-hydrogen) atoms. The Balaban J connectivity index is 1.54. The number of aryl methyl sites for hydroxylation is 1. The number of hydrogen-bond donors (Lipinski definition) is 3. The van der Waals surface area contributed by atoms with Gasteiger partial charge >= 0.3 is 0 Å². The van der Waals surface area contributed by atoms with Gasteiger partial charge in [-0.3, -0.25) is 10.1 Å². The fraction of sp³-hybridized carbons (Fsp3) is 0.438. The van der Waals surface area contributed by atoms with Crippen molar-refractivity contribution in [2.75, 3.05) is 5.32 Å². The van der Waals surface area contributed by atoms with Crippen LogP contribution < -0.4 is 16.2 Å². The van der Waals surface area contributed by atoms with E-state index in [4.69, 9.17) is 0 Å². The van der Waals surface area contributed by atoms with Crippen molar-refractivity contribution in [3.8, 4) is 0 Å². The smallest absolute Gasteiger partial charge is 0.244 e. The fourth-order valence-electron chi connectivity index (χ4n) is 2.56. The maximum atomic E-state index is 12.3. The number of nitrogens with zero attached hydrogens (tertiary/aromatic N) is 2. The molecule has 1 saturated heterocycles. The Labute approximate surface area is 139 Å². The Morgan fingerprint density at radius 2 is 2.13 bits per heavy atom. The van der Waals surface area contributed by atoms with E-state index in [2.05, 4.69) is 45.4 Å². The van der Waals surface area contributed by atoms with Crippen LogP contribution in [0.2, 0.25) is 0 Å². The lowest BCUT2D eigenvalue weighted by Gasteiger charge is -2.09. The summed E-state index contributed by atoms with van der Waals surface area (Å²) < 4.78 is 0. The molecule has 2 heterocycles. The highest BCUT2D eigenvalue weighted by Crippen LogP contribution is 2.23. The summed E-state index contributed by atoms with van der Waals surface area (Å²) in [5.41, 5.74) is 7.41. The van der Waals surface area contributed by atoms with Gasteiger partial charge in [-0.05, 0) is 18.4 Å². The molecule has 122 valence electrons. The molecule has 1 aliphatic heterocycles. The average Bonchev–Trinajstić information content (AvgIpc) is 3.23.